The molecule has 0 aliphatic heterocycles. The second-order valence-electron chi connectivity index (χ2n) is 6.98. The Morgan fingerprint density at radius 1 is 1.29 bits per heavy atom. The lowest BCUT2D eigenvalue weighted by Gasteiger charge is -2.36. The van der Waals surface area contributed by atoms with Crippen LogP contribution in [0.3, 0.4) is 0 Å². The number of hydrogen-bond acceptors (Lipinski definition) is 3. The van der Waals surface area contributed by atoms with Crippen molar-refractivity contribution >= 4 is 11.3 Å². The maximum atomic E-state index is 6.22. The molecule has 1 heterocycles. The van der Waals surface area contributed by atoms with E-state index in [4.69, 9.17) is 5.73 Å². The average Bonchev–Trinajstić information content (AvgIpc) is 3.04. The summed E-state index contributed by atoms with van der Waals surface area (Å²) >= 11 is 1.92. The molecular weight excluding hydrogens is 276 g/mol. The largest absolute Gasteiger partial charge is 0.329 e. The zero-order chi connectivity index (χ0) is 15.4. The van der Waals surface area contributed by atoms with Gasteiger partial charge in [-0.2, -0.15) is 0 Å². The first kappa shape index (κ1) is 17.0. The van der Waals surface area contributed by atoms with Crippen molar-refractivity contribution in [1.82, 2.24) is 4.90 Å². The number of hydrogen-bond donors (Lipinski definition) is 1. The minimum Gasteiger partial charge on any atom is -0.329 e. The highest BCUT2D eigenvalue weighted by Crippen LogP contribution is 2.35. The Morgan fingerprint density at radius 3 is 2.43 bits per heavy atom. The maximum Gasteiger partial charge on any atom is 0.0484 e. The lowest BCUT2D eigenvalue weighted by Crippen LogP contribution is -2.41. The quantitative estimate of drug-likeness (QED) is 0.794. The molecule has 2 rings (SSSR count). The van der Waals surface area contributed by atoms with Gasteiger partial charge in [0.1, 0.15) is 0 Å². The molecule has 1 aliphatic rings. The molecular formula is C18H32N2S. The SMILES string of the molecule is Cc1cc(C(CN)N(CCC(C)C)C2CCCC2)c(C)s1. The smallest absolute Gasteiger partial charge is 0.0484 e. The molecule has 1 atom stereocenters. The third-order valence-corrected chi connectivity index (χ3v) is 5.80. The van der Waals surface area contributed by atoms with E-state index in [1.54, 1.807) is 0 Å². The summed E-state index contributed by atoms with van der Waals surface area (Å²) in [5, 5.41) is 0. The summed E-state index contributed by atoms with van der Waals surface area (Å²) in [4.78, 5) is 5.60. The van der Waals surface area contributed by atoms with Crippen LogP contribution in [-0.2, 0) is 0 Å². The van der Waals surface area contributed by atoms with E-state index in [9.17, 15) is 0 Å². The molecule has 3 heteroatoms. The first-order chi connectivity index (χ1) is 10.0. The summed E-state index contributed by atoms with van der Waals surface area (Å²) in [6.07, 6.45) is 6.77. The highest BCUT2D eigenvalue weighted by Gasteiger charge is 2.30. The lowest BCUT2D eigenvalue weighted by molar-refractivity contribution is 0.131. The lowest BCUT2D eigenvalue weighted by atomic mass is 10.0. The van der Waals surface area contributed by atoms with Crippen LogP contribution in [0.15, 0.2) is 6.07 Å². The van der Waals surface area contributed by atoms with E-state index in [2.05, 4.69) is 38.7 Å². The molecule has 0 saturated heterocycles. The Kier molecular flexibility index (Phi) is 6.27. The highest BCUT2D eigenvalue weighted by atomic mass is 32.1. The topological polar surface area (TPSA) is 29.3 Å². The predicted molar refractivity (Wildman–Crippen MR) is 94.0 cm³/mol. The normalized spacial score (nSPS) is 18.0. The third kappa shape index (κ3) is 4.30. The Morgan fingerprint density at radius 2 is 1.95 bits per heavy atom. The van der Waals surface area contributed by atoms with Gasteiger partial charge in [0.05, 0.1) is 0 Å². The summed E-state index contributed by atoms with van der Waals surface area (Å²) < 4.78 is 0. The second kappa shape index (κ2) is 7.75. The molecule has 2 nitrogen and oxygen atoms in total. The first-order valence-electron chi connectivity index (χ1n) is 8.55. The Bertz CT molecular complexity index is 432. The zero-order valence-electron chi connectivity index (χ0n) is 14.2. The summed E-state index contributed by atoms with van der Waals surface area (Å²) in [7, 11) is 0. The molecule has 0 aromatic carbocycles. The Balaban J connectivity index is 2.20. The van der Waals surface area contributed by atoms with E-state index in [0.717, 1.165) is 18.5 Å². The fourth-order valence-corrected chi connectivity index (χ4v) is 4.64. The van der Waals surface area contributed by atoms with Crippen LogP contribution in [0.4, 0.5) is 0 Å². The van der Waals surface area contributed by atoms with Gasteiger partial charge in [-0.3, -0.25) is 4.90 Å². The van der Waals surface area contributed by atoms with E-state index in [1.165, 1.54) is 54.0 Å². The third-order valence-electron chi connectivity index (χ3n) is 4.82. The van der Waals surface area contributed by atoms with Crippen molar-refractivity contribution in [2.45, 2.75) is 71.9 Å². The van der Waals surface area contributed by atoms with Gasteiger partial charge in [-0.15, -0.1) is 11.3 Å². The highest BCUT2D eigenvalue weighted by molar-refractivity contribution is 7.12. The molecule has 120 valence electrons. The maximum absolute atomic E-state index is 6.22. The summed E-state index contributed by atoms with van der Waals surface area (Å²) in [6, 6.07) is 3.53. The fourth-order valence-electron chi connectivity index (χ4n) is 3.66. The van der Waals surface area contributed by atoms with Crippen molar-refractivity contribution in [3.63, 3.8) is 0 Å². The fraction of sp³-hybridized carbons (Fsp3) is 0.778. The van der Waals surface area contributed by atoms with Crippen LogP contribution in [0.5, 0.6) is 0 Å². The summed E-state index contributed by atoms with van der Waals surface area (Å²) in [6.45, 7) is 11.0. The minimum atomic E-state index is 0.414. The van der Waals surface area contributed by atoms with Crippen LogP contribution in [0, 0.1) is 19.8 Å². The molecule has 1 saturated carbocycles. The summed E-state index contributed by atoms with van der Waals surface area (Å²) in [5.41, 5.74) is 7.70. The van der Waals surface area contributed by atoms with Gasteiger partial charge in [0.2, 0.25) is 0 Å². The molecule has 0 radical (unpaired) electrons. The van der Waals surface area contributed by atoms with Crippen molar-refractivity contribution < 1.29 is 0 Å². The number of thiophene rings is 1. The molecule has 1 unspecified atom stereocenters. The Hall–Kier alpha value is -0.380. The summed E-state index contributed by atoms with van der Waals surface area (Å²) in [5.74, 6) is 0.762. The van der Waals surface area contributed by atoms with Crippen molar-refractivity contribution in [3.05, 3.63) is 21.4 Å². The van der Waals surface area contributed by atoms with Crippen LogP contribution in [0.1, 0.15) is 67.3 Å². The molecule has 0 spiro atoms. The number of nitrogens with two attached hydrogens (primary N) is 1. The van der Waals surface area contributed by atoms with Crippen LogP contribution in [0.2, 0.25) is 0 Å². The van der Waals surface area contributed by atoms with Crippen LogP contribution < -0.4 is 5.73 Å². The zero-order valence-corrected chi connectivity index (χ0v) is 15.0. The van der Waals surface area contributed by atoms with Crippen LogP contribution in [-0.4, -0.2) is 24.0 Å². The van der Waals surface area contributed by atoms with Gasteiger partial charge >= 0.3 is 0 Å². The number of aryl methyl sites for hydroxylation is 2. The molecule has 21 heavy (non-hydrogen) atoms. The Labute approximate surface area is 134 Å². The van der Waals surface area contributed by atoms with Crippen molar-refractivity contribution in [3.8, 4) is 0 Å². The average molecular weight is 309 g/mol. The number of nitrogens with zero attached hydrogens (tertiary/aromatic N) is 1. The molecule has 2 N–H and O–H groups in total. The predicted octanol–water partition coefficient (Wildman–Crippen LogP) is 4.66. The molecule has 1 aromatic heterocycles. The van der Waals surface area contributed by atoms with E-state index in [-0.39, 0.29) is 0 Å². The first-order valence-corrected chi connectivity index (χ1v) is 9.37. The minimum absolute atomic E-state index is 0.414. The van der Waals surface area contributed by atoms with Crippen molar-refractivity contribution in [2.75, 3.05) is 13.1 Å². The second-order valence-corrected chi connectivity index (χ2v) is 8.44. The van der Waals surface area contributed by atoms with Gasteiger partial charge in [-0.25, -0.2) is 0 Å². The van der Waals surface area contributed by atoms with Gasteiger partial charge in [0.25, 0.3) is 0 Å². The molecule has 1 aliphatic carbocycles. The van der Waals surface area contributed by atoms with Gasteiger partial charge in [-0.1, -0.05) is 26.7 Å². The van der Waals surface area contributed by atoms with Gasteiger partial charge in [0, 0.05) is 28.4 Å². The van der Waals surface area contributed by atoms with Crippen LogP contribution >= 0.6 is 11.3 Å². The van der Waals surface area contributed by atoms with Gasteiger partial charge in [-0.05, 0) is 57.2 Å². The standard InChI is InChI=1S/C18H32N2S/c1-13(2)9-10-20(16-7-5-6-8-16)18(12-19)17-11-14(3)21-15(17)4/h11,13,16,18H,5-10,12,19H2,1-4H3. The van der Waals surface area contributed by atoms with Crippen molar-refractivity contribution in [1.29, 1.82) is 0 Å². The molecule has 1 fully saturated rings. The van der Waals surface area contributed by atoms with E-state index < -0.39 is 0 Å². The molecule has 1 aromatic rings. The monoisotopic (exact) mass is 308 g/mol. The van der Waals surface area contributed by atoms with E-state index in [0.29, 0.717) is 6.04 Å². The van der Waals surface area contributed by atoms with Gasteiger partial charge in [0.15, 0.2) is 0 Å². The number of rotatable bonds is 7. The van der Waals surface area contributed by atoms with Crippen molar-refractivity contribution in [2.24, 2.45) is 11.7 Å². The molecule has 0 amide bonds. The van der Waals surface area contributed by atoms with Gasteiger partial charge < -0.3 is 5.73 Å². The van der Waals surface area contributed by atoms with E-state index in [1.807, 2.05) is 11.3 Å². The van der Waals surface area contributed by atoms with E-state index >= 15 is 0 Å². The molecule has 0 bridgehead atoms. The van der Waals surface area contributed by atoms with Crippen LogP contribution in [0.25, 0.3) is 0 Å².